The highest BCUT2D eigenvalue weighted by molar-refractivity contribution is 9.10. The smallest absolute Gasteiger partial charge is 0.281 e. The number of pyridine rings is 1. The monoisotopic (exact) mass is 355 g/mol. The maximum absolute atomic E-state index is 12.3. The van der Waals surface area contributed by atoms with E-state index < -0.39 is 10.0 Å². The Labute approximate surface area is 126 Å². The molecule has 0 spiro atoms. The standard InChI is InChI=1S/C13H14BrN3O2S/c1-2-9-8-10(14)5-6-12(9)17-20(18,19)13-11(15)4-3-7-16-13/h3-8,17H,2,15H2,1H3. The largest absolute Gasteiger partial charge is 0.396 e. The van der Waals surface area contributed by atoms with E-state index >= 15 is 0 Å². The van der Waals surface area contributed by atoms with Crippen molar-refractivity contribution in [3.63, 3.8) is 0 Å². The Hall–Kier alpha value is -1.60. The molecule has 1 heterocycles. The molecule has 3 N–H and O–H groups in total. The van der Waals surface area contributed by atoms with Crippen molar-refractivity contribution in [2.75, 3.05) is 10.5 Å². The lowest BCUT2D eigenvalue weighted by Crippen LogP contribution is -2.17. The highest BCUT2D eigenvalue weighted by Crippen LogP contribution is 2.25. The second-order valence-electron chi connectivity index (χ2n) is 4.16. The molecule has 0 saturated heterocycles. The maximum atomic E-state index is 12.3. The van der Waals surface area contributed by atoms with Crippen molar-refractivity contribution < 1.29 is 8.42 Å². The van der Waals surface area contributed by atoms with Crippen molar-refractivity contribution in [2.24, 2.45) is 0 Å². The number of hydrogen-bond acceptors (Lipinski definition) is 4. The molecule has 1 aromatic heterocycles. The van der Waals surface area contributed by atoms with Crippen molar-refractivity contribution in [2.45, 2.75) is 18.4 Å². The highest BCUT2D eigenvalue weighted by atomic mass is 79.9. The van der Waals surface area contributed by atoms with Crippen LogP contribution in [0.5, 0.6) is 0 Å². The summed E-state index contributed by atoms with van der Waals surface area (Å²) < 4.78 is 28.0. The third-order valence-electron chi connectivity index (χ3n) is 2.75. The van der Waals surface area contributed by atoms with Crippen molar-refractivity contribution in [1.82, 2.24) is 4.98 Å². The Bertz CT molecular complexity index is 732. The van der Waals surface area contributed by atoms with E-state index in [0.29, 0.717) is 12.1 Å². The molecule has 20 heavy (non-hydrogen) atoms. The van der Waals surface area contributed by atoms with Gasteiger partial charge < -0.3 is 5.73 Å². The number of nitrogens with two attached hydrogens (primary N) is 1. The molecule has 0 unspecified atom stereocenters. The van der Waals surface area contributed by atoms with Crippen LogP contribution in [0.4, 0.5) is 11.4 Å². The first kappa shape index (κ1) is 14.8. The van der Waals surface area contributed by atoms with Gasteiger partial charge in [-0.3, -0.25) is 4.72 Å². The summed E-state index contributed by atoms with van der Waals surface area (Å²) in [6.07, 6.45) is 2.10. The first-order chi connectivity index (χ1) is 9.44. The van der Waals surface area contributed by atoms with Crippen LogP contribution in [0.15, 0.2) is 46.0 Å². The maximum Gasteiger partial charge on any atom is 0.281 e. The summed E-state index contributed by atoms with van der Waals surface area (Å²) in [4.78, 5) is 3.83. The van der Waals surface area contributed by atoms with Gasteiger partial charge in [0.25, 0.3) is 10.0 Å². The molecule has 5 nitrogen and oxygen atoms in total. The lowest BCUT2D eigenvalue weighted by Gasteiger charge is -2.12. The summed E-state index contributed by atoms with van der Waals surface area (Å²) in [6, 6.07) is 8.45. The van der Waals surface area contributed by atoms with E-state index in [4.69, 9.17) is 5.73 Å². The summed E-state index contributed by atoms with van der Waals surface area (Å²) in [7, 11) is -3.79. The molecule has 0 radical (unpaired) electrons. The molecule has 0 aliphatic heterocycles. The number of nitrogens with zero attached hydrogens (tertiary/aromatic N) is 1. The lowest BCUT2D eigenvalue weighted by atomic mass is 10.1. The summed E-state index contributed by atoms with van der Waals surface area (Å²) in [5.41, 5.74) is 7.20. The van der Waals surface area contributed by atoms with Gasteiger partial charge in [0.15, 0.2) is 5.03 Å². The minimum absolute atomic E-state index is 0.121. The van der Waals surface area contributed by atoms with Crippen LogP contribution in [0.1, 0.15) is 12.5 Å². The predicted octanol–water partition coefficient (Wildman–Crippen LogP) is 2.79. The topological polar surface area (TPSA) is 85.1 Å². The fourth-order valence-electron chi connectivity index (χ4n) is 1.78. The lowest BCUT2D eigenvalue weighted by molar-refractivity contribution is 0.598. The van der Waals surface area contributed by atoms with E-state index in [1.807, 2.05) is 13.0 Å². The summed E-state index contributed by atoms with van der Waals surface area (Å²) in [5.74, 6) is 0. The third kappa shape index (κ3) is 3.10. The van der Waals surface area contributed by atoms with Crippen molar-refractivity contribution in [3.8, 4) is 0 Å². The Kier molecular flexibility index (Phi) is 4.29. The Morgan fingerprint density at radius 2 is 2.10 bits per heavy atom. The number of nitrogens with one attached hydrogen (secondary N) is 1. The fraction of sp³-hybridized carbons (Fsp3) is 0.154. The van der Waals surface area contributed by atoms with Gasteiger partial charge in [-0.05, 0) is 42.3 Å². The number of aryl methyl sites for hydroxylation is 1. The van der Waals surface area contributed by atoms with Crippen LogP contribution in [0.25, 0.3) is 0 Å². The summed E-state index contributed by atoms with van der Waals surface area (Å²) in [5, 5.41) is -0.162. The first-order valence-electron chi connectivity index (χ1n) is 5.96. The number of anilines is 2. The van der Waals surface area contributed by atoms with Crippen molar-refractivity contribution in [1.29, 1.82) is 0 Å². The number of rotatable bonds is 4. The molecular weight excluding hydrogens is 342 g/mol. The van der Waals surface area contributed by atoms with E-state index in [1.165, 1.54) is 12.3 Å². The quantitative estimate of drug-likeness (QED) is 0.882. The van der Waals surface area contributed by atoms with Gasteiger partial charge in [0, 0.05) is 10.7 Å². The van der Waals surface area contributed by atoms with E-state index in [0.717, 1.165) is 10.0 Å². The van der Waals surface area contributed by atoms with Crippen LogP contribution < -0.4 is 10.5 Å². The molecule has 0 atom stereocenters. The average Bonchev–Trinajstić information content (AvgIpc) is 2.41. The predicted molar refractivity (Wildman–Crippen MR) is 83.0 cm³/mol. The molecule has 2 aromatic rings. The zero-order valence-electron chi connectivity index (χ0n) is 10.8. The van der Waals surface area contributed by atoms with Gasteiger partial charge in [0.1, 0.15) is 0 Å². The number of nitrogen functional groups attached to an aromatic ring is 1. The van der Waals surface area contributed by atoms with Crippen molar-refractivity contribution in [3.05, 3.63) is 46.6 Å². The van der Waals surface area contributed by atoms with E-state index in [1.54, 1.807) is 18.2 Å². The van der Waals surface area contributed by atoms with Gasteiger partial charge in [-0.15, -0.1) is 0 Å². The zero-order valence-corrected chi connectivity index (χ0v) is 13.2. The Balaban J connectivity index is 2.41. The molecule has 0 amide bonds. The number of halogens is 1. The average molecular weight is 356 g/mol. The van der Waals surface area contributed by atoms with Crippen LogP contribution in [0.3, 0.4) is 0 Å². The highest BCUT2D eigenvalue weighted by Gasteiger charge is 2.20. The molecule has 2 rings (SSSR count). The second kappa shape index (κ2) is 5.80. The minimum atomic E-state index is -3.79. The molecule has 106 valence electrons. The van der Waals surface area contributed by atoms with Crippen LogP contribution in [-0.4, -0.2) is 13.4 Å². The van der Waals surface area contributed by atoms with Gasteiger partial charge in [0.2, 0.25) is 0 Å². The van der Waals surface area contributed by atoms with Crippen LogP contribution >= 0.6 is 15.9 Å². The van der Waals surface area contributed by atoms with Gasteiger partial charge in [0.05, 0.1) is 11.4 Å². The van der Waals surface area contributed by atoms with Crippen LogP contribution in [0, 0.1) is 0 Å². The van der Waals surface area contributed by atoms with E-state index in [9.17, 15) is 8.42 Å². The second-order valence-corrected chi connectivity index (χ2v) is 6.67. The van der Waals surface area contributed by atoms with Crippen LogP contribution in [0.2, 0.25) is 0 Å². The molecule has 0 aliphatic carbocycles. The summed E-state index contributed by atoms with van der Waals surface area (Å²) in [6.45, 7) is 1.95. The number of benzene rings is 1. The first-order valence-corrected chi connectivity index (χ1v) is 8.23. The van der Waals surface area contributed by atoms with E-state index in [2.05, 4.69) is 25.6 Å². The molecule has 0 bridgehead atoms. The number of sulfonamides is 1. The summed E-state index contributed by atoms with van der Waals surface area (Å²) >= 11 is 3.36. The number of hydrogen-bond donors (Lipinski definition) is 2. The molecule has 0 aliphatic rings. The van der Waals surface area contributed by atoms with Gasteiger partial charge in [-0.1, -0.05) is 22.9 Å². The van der Waals surface area contributed by atoms with Gasteiger partial charge in [-0.2, -0.15) is 8.42 Å². The van der Waals surface area contributed by atoms with Gasteiger partial charge >= 0.3 is 0 Å². The van der Waals surface area contributed by atoms with Gasteiger partial charge in [-0.25, -0.2) is 4.98 Å². The fourth-order valence-corrected chi connectivity index (χ4v) is 3.35. The molecule has 1 aromatic carbocycles. The van der Waals surface area contributed by atoms with E-state index in [-0.39, 0.29) is 10.7 Å². The molecule has 0 fully saturated rings. The SMILES string of the molecule is CCc1cc(Br)ccc1NS(=O)(=O)c1ncccc1N. The van der Waals surface area contributed by atoms with Crippen LogP contribution in [-0.2, 0) is 16.4 Å². The Morgan fingerprint density at radius 3 is 2.75 bits per heavy atom. The Morgan fingerprint density at radius 1 is 1.35 bits per heavy atom. The molecular formula is C13H14BrN3O2S. The third-order valence-corrected chi connectivity index (χ3v) is 4.58. The normalized spacial score (nSPS) is 11.3. The van der Waals surface area contributed by atoms with Crippen molar-refractivity contribution >= 4 is 37.3 Å². The number of aromatic nitrogens is 1. The minimum Gasteiger partial charge on any atom is -0.396 e. The molecule has 7 heteroatoms. The zero-order chi connectivity index (χ0) is 14.8. The molecule has 0 saturated carbocycles.